The van der Waals surface area contributed by atoms with Gasteiger partial charge >= 0.3 is 0 Å². The van der Waals surface area contributed by atoms with Crippen LogP contribution in [0.3, 0.4) is 0 Å². The summed E-state index contributed by atoms with van der Waals surface area (Å²) in [6.45, 7) is 3.50. The van der Waals surface area contributed by atoms with Crippen LogP contribution in [-0.4, -0.2) is 23.2 Å². The van der Waals surface area contributed by atoms with E-state index in [1.165, 1.54) is 11.8 Å². The van der Waals surface area contributed by atoms with Crippen LogP contribution < -0.4 is 15.4 Å². The smallest absolute Gasteiger partial charge is 0.265 e. The van der Waals surface area contributed by atoms with E-state index in [9.17, 15) is 9.59 Å². The molecule has 130 valence electrons. The molecule has 2 unspecified atom stereocenters. The van der Waals surface area contributed by atoms with Gasteiger partial charge in [-0.1, -0.05) is 23.7 Å². The maximum Gasteiger partial charge on any atom is 0.265 e. The number of thioether (sulfide) groups is 1. The van der Waals surface area contributed by atoms with E-state index in [1.807, 2.05) is 25.1 Å². The molecular formula is C18H17ClN2O3S. The standard InChI is InChI=1S/C18H17ClN2O3S/c1-10-17(22)21-14-9-12(7-8-15(14)24-10)20-18(23)11(2)25-16-6-4-3-5-13(16)19/h3-11H,1-2H3,(H,20,23)(H,21,22). The number of benzene rings is 2. The number of rotatable bonds is 4. The lowest BCUT2D eigenvalue weighted by molar-refractivity contribution is -0.122. The van der Waals surface area contributed by atoms with Crippen LogP contribution in [-0.2, 0) is 9.59 Å². The number of ether oxygens (including phenoxy) is 1. The molecule has 1 aliphatic rings. The van der Waals surface area contributed by atoms with Gasteiger partial charge in [0, 0.05) is 10.6 Å². The number of hydrogen-bond donors (Lipinski definition) is 2. The number of nitrogens with one attached hydrogen (secondary N) is 2. The average Bonchev–Trinajstić information content (AvgIpc) is 2.58. The van der Waals surface area contributed by atoms with Gasteiger partial charge < -0.3 is 15.4 Å². The van der Waals surface area contributed by atoms with Crippen molar-refractivity contribution in [1.29, 1.82) is 0 Å². The van der Waals surface area contributed by atoms with Gasteiger partial charge in [-0.3, -0.25) is 9.59 Å². The van der Waals surface area contributed by atoms with Crippen molar-refractivity contribution in [3.05, 3.63) is 47.5 Å². The molecule has 7 heteroatoms. The van der Waals surface area contributed by atoms with Gasteiger partial charge in [0.25, 0.3) is 5.91 Å². The number of hydrogen-bond acceptors (Lipinski definition) is 4. The van der Waals surface area contributed by atoms with E-state index in [0.29, 0.717) is 22.1 Å². The van der Waals surface area contributed by atoms with Gasteiger partial charge in [-0.25, -0.2) is 0 Å². The van der Waals surface area contributed by atoms with Crippen LogP contribution in [0, 0.1) is 0 Å². The lowest BCUT2D eigenvalue weighted by Crippen LogP contribution is -2.34. The molecule has 25 heavy (non-hydrogen) atoms. The third-order valence-electron chi connectivity index (χ3n) is 3.69. The topological polar surface area (TPSA) is 67.4 Å². The summed E-state index contributed by atoms with van der Waals surface area (Å²) < 4.78 is 5.50. The minimum absolute atomic E-state index is 0.152. The summed E-state index contributed by atoms with van der Waals surface area (Å²) in [5, 5.41) is 5.90. The summed E-state index contributed by atoms with van der Waals surface area (Å²) in [5.74, 6) is 0.225. The molecule has 2 N–H and O–H groups in total. The maximum absolute atomic E-state index is 12.4. The predicted molar refractivity (Wildman–Crippen MR) is 101 cm³/mol. The van der Waals surface area contributed by atoms with E-state index in [2.05, 4.69) is 10.6 Å². The SMILES string of the molecule is CC1Oc2ccc(NC(=O)C(C)Sc3ccccc3Cl)cc2NC1=O. The fourth-order valence-corrected chi connectivity index (χ4v) is 3.47. The minimum Gasteiger partial charge on any atom is -0.479 e. The Balaban J connectivity index is 1.68. The van der Waals surface area contributed by atoms with Crippen LogP contribution in [0.2, 0.25) is 5.02 Å². The molecule has 5 nitrogen and oxygen atoms in total. The van der Waals surface area contributed by atoms with E-state index in [-0.39, 0.29) is 17.1 Å². The Hall–Kier alpha value is -2.18. The first-order valence-corrected chi connectivity index (χ1v) is 9.03. The van der Waals surface area contributed by atoms with Gasteiger partial charge in [-0.2, -0.15) is 0 Å². The molecule has 0 saturated carbocycles. The molecule has 0 aromatic heterocycles. The molecule has 0 aliphatic carbocycles. The monoisotopic (exact) mass is 376 g/mol. The van der Waals surface area contributed by atoms with Crippen molar-refractivity contribution in [3.8, 4) is 5.75 Å². The predicted octanol–water partition coefficient (Wildman–Crippen LogP) is 4.18. The van der Waals surface area contributed by atoms with Crippen molar-refractivity contribution >= 4 is 46.6 Å². The highest BCUT2D eigenvalue weighted by atomic mass is 35.5. The first kappa shape index (κ1) is 17.6. The normalized spacial score (nSPS) is 17.1. The second-order valence-electron chi connectivity index (χ2n) is 5.64. The second-order valence-corrected chi connectivity index (χ2v) is 7.43. The molecule has 2 amide bonds. The molecule has 1 heterocycles. The van der Waals surface area contributed by atoms with E-state index >= 15 is 0 Å². The molecule has 1 aliphatic heterocycles. The van der Waals surface area contributed by atoms with Crippen LogP contribution >= 0.6 is 23.4 Å². The van der Waals surface area contributed by atoms with Crippen molar-refractivity contribution in [3.63, 3.8) is 0 Å². The third kappa shape index (κ3) is 4.08. The van der Waals surface area contributed by atoms with Crippen LogP contribution in [0.4, 0.5) is 11.4 Å². The number of fused-ring (bicyclic) bond motifs is 1. The molecule has 0 saturated heterocycles. The third-order valence-corrected chi connectivity index (χ3v) is 5.31. The molecule has 2 atom stereocenters. The Morgan fingerprint density at radius 2 is 2.08 bits per heavy atom. The zero-order valence-corrected chi connectivity index (χ0v) is 15.3. The number of carbonyl (C=O) groups is 2. The lowest BCUT2D eigenvalue weighted by Gasteiger charge is -2.24. The van der Waals surface area contributed by atoms with Gasteiger partial charge in [0.1, 0.15) is 5.75 Å². The highest BCUT2D eigenvalue weighted by Crippen LogP contribution is 2.33. The van der Waals surface area contributed by atoms with E-state index in [0.717, 1.165) is 4.90 Å². The molecule has 3 rings (SSSR count). The van der Waals surface area contributed by atoms with Gasteiger partial charge in [-0.05, 0) is 44.2 Å². The Bertz CT molecular complexity index is 828. The Labute approximate surface area is 155 Å². The molecule has 2 aromatic rings. The zero-order chi connectivity index (χ0) is 18.0. The van der Waals surface area contributed by atoms with Crippen LogP contribution in [0.25, 0.3) is 0 Å². The minimum atomic E-state index is -0.528. The maximum atomic E-state index is 12.4. The van der Waals surface area contributed by atoms with Crippen molar-refractivity contribution in [2.45, 2.75) is 30.1 Å². The first-order valence-electron chi connectivity index (χ1n) is 7.77. The van der Waals surface area contributed by atoms with E-state index in [4.69, 9.17) is 16.3 Å². The summed E-state index contributed by atoms with van der Waals surface area (Å²) in [4.78, 5) is 25.0. The summed E-state index contributed by atoms with van der Waals surface area (Å²) in [6.07, 6.45) is -0.528. The first-order chi connectivity index (χ1) is 11.9. The fraction of sp³-hybridized carbons (Fsp3) is 0.222. The lowest BCUT2D eigenvalue weighted by atomic mass is 10.2. The van der Waals surface area contributed by atoms with E-state index < -0.39 is 6.10 Å². The Morgan fingerprint density at radius 1 is 1.32 bits per heavy atom. The largest absolute Gasteiger partial charge is 0.479 e. The van der Waals surface area contributed by atoms with E-state index in [1.54, 1.807) is 31.2 Å². The molecule has 0 spiro atoms. The van der Waals surface area contributed by atoms with Crippen LogP contribution in [0.5, 0.6) is 5.75 Å². The fourth-order valence-electron chi connectivity index (χ4n) is 2.31. The summed E-state index contributed by atoms with van der Waals surface area (Å²) in [5.41, 5.74) is 1.14. The second kappa shape index (κ2) is 7.37. The molecule has 0 bridgehead atoms. The van der Waals surface area contributed by atoms with Gasteiger partial charge in [0.15, 0.2) is 6.10 Å². The summed E-state index contributed by atoms with van der Waals surface area (Å²) in [7, 11) is 0. The summed E-state index contributed by atoms with van der Waals surface area (Å²) in [6, 6.07) is 12.6. The highest BCUT2D eigenvalue weighted by Gasteiger charge is 2.24. The van der Waals surface area contributed by atoms with Crippen molar-refractivity contribution < 1.29 is 14.3 Å². The van der Waals surface area contributed by atoms with Gasteiger partial charge in [0.2, 0.25) is 5.91 Å². The van der Waals surface area contributed by atoms with Crippen molar-refractivity contribution in [1.82, 2.24) is 0 Å². The van der Waals surface area contributed by atoms with Crippen molar-refractivity contribution in [2.24, 2.45) is 0 Å². The number of amides is 2. The highest BCUT2D eigenvalue weighted by molar-refractivity contribution is 8.00. The number of anilines is 2. The van der Waals surface area contributed by atoms with Crippen LogP contribution in [0.15, 0.2) is 47.4 Å². The number of carbonyl (C=O) groups excluding carboxylic acids is 2. The summed E-state index contributed by atoms with van der Waals surface area (Å²) >= 11 is 7.52. The van der Waals surface area contributed by atoms with Crippen molar-refractivity contribution in [2.75, 3.05) is 10.6 Å². The average molecular weight is 377 g/mol. The molecular weight excluding hydrogens is 360 g/mol. The Morgan fingerprint density at radius 3 is 2.84 bits per heavy atom. The van der Waals surface area contributed by atoms with Gasteiger partial charge in [0.05, 0.1) is 16.0 Å². The van der Waals surface area contributed by atoms with Gasteiger partial charge in [-0.15, -0.1) is 11.8 Å². The molecule has 0 fully saturated rings. The quantitative estimate of drug-likeness (QED) is 0.785. The van der Waals surface area contributed by atoms with Crippen LogP contribution in [0.1, 0.15) is 13.8 Å². The number of halogens is 1. The molecule has 2 aromatic carbocycles. The zero-order valence-electron chi connectivity index (χ0n) is 13.7. The Kier molecular flexibility index (Phi) is 5.20. The molecule has 0 radical (unpaired) electrons.